The van der Waals surface area contributed by atoms with Gasteiger partial charge in [-0.15, -0.1) is 0 Å². The van der Waals surface area contributed by atoms with E-state index in [1.807, 2.05) is 48.5 Å². The smallest absolute Gasteiger partial charge is 0.224 e. The second-order valence-corrected chi connectivity index (χ2v) is 6.71. The van der Waals surface area contributed by atoms with E-state index in [1.165, 1.54) is 0 Å². The highest BCUT2D eigenvalue weighted by atomic mass is 16.5. The van der Waals surface area contributed by atoms with Gasteiger partial charge >= 0.3 is 0 Å². The second kappa shape index (κ2) is 8.06. The van der Waals surface area contributed by atoms with E-state index in [0.717, 1.165) is 29.0 Å². The van der Waals surface area contributed by atoms with Crippen molar-refractivity contribution in [3.63, 3.8) is 0 Å². The van der Waals surface area contributed by atoms with Gasteiger partial charge in [0.15, 0.2) is 11.5 Å². The van der Waals surface area contributed by atoms with Crippen LogP contribution < -0.4 is 14.8 Å². The molecule has 3 rings (SSSR count). The van der Waals surface area contributed by atoms with E-state index in [9.17, 15) is 4.79 Å². The van der Waals surface area contributed by atoms with Crippen molar-refractivity contribution < 1.29 is 14.3 Å². The van der Waals surface area contributed by atoms with Gasteiger partial charge in [0.25, 0.3) is 0 Å². The lowest BCUT2D eigenvalue weighted by atomic mass is 9.95. The van der Waals surface area contributed by atoms with Gasteiger partial charge in [0.1, 0.15) is 0 Å². The molecule has 1 N–H and O–H groups in total. The molecule has 4 nitrogen and oxygen atoms in total. The summed E-state index contributed by atoms with van der Waals surface area (Å²) in [5.41, 5.74) is 2.06. The highest BCUT2D eigenvalue weighted by Crippen LogP contribution is 2.34. The lowest BCUT2D eigenvalue weighted by Gasteiger charge is -2.24. The summed E-state index contributed by atoms with van der Waals surface area (Å²) in [6.45, 7) is 5.55. The zero-order valence-electron chi connectivity index (χ0n) is 14.8. The van der Waals surface area contributed by atoms with Crippen molar-refractivity contribution in [3.05, 3.63) is 59.7 Å². The number of amides is 1. The molecule has 2 aromatic carbocycles. The molecule has 1 heterocycles. The molecule has 132 valence electrons. The van der Waals surface area contributed by atoms with Gasteiger partial charge in [-0.25, -0.2) is 0 Å². The van der Waals surface area contributed by atoms with Gasteiger partial charge in [-0.1, -0.05) is 50.2 Å². The van der Waals surface area contributed by atoms with Crippen LogP contribution in [0.3, 0.4) is 0 Å². The van der Waals surface area contributed by atoms with Crippen LogP contribution in [0.4, 0.5) is 0 Å². The Morgan fingerprint density at radius 1 is 1.04 bits per heavy atom. The minimum absolute atomic E-state index is 0.0250. The van der Waals surface area contributed by atoms with Crippen molar-refractivity contribution in [2.75, 3.05) is 13.2 Å². The lowest BCUT2D eigenvalue weighted by Crippen LogP contribution is -2.32. The van der Waals surface area contributed by atoms with Crippen molar-refractivity contribution in [2.24, 2.45) is 5.92 Å². The van der Waals surface area contributed by atoms with Crippen LogP contribution >= 0.6 is 0 Å². The first kappa shape index (κ1) is 17.3. The molecule has 25 heavy (non-hydrogen) atoms. The predicted octanol–water partition coefficient (Wildman–Crippen LogP) is 3.90. The van der Waals surface area contributed by atoms with Gasteiger partial charge in [0, 0.05) is 6.42 Å². The molecule has 0 bridgehead atoms. The van der Waals surface area contributed by atoms with Crippen LogP contribution in [0.25, 0.3) is 0 Å². The summed E-state index contributed by atoms with van der Waals surface area (Å²) in [4.78, 5) is 12.5. The van der Waals surface area contributed by atoms with Gasteiger partial charge in [0.2, 0.25) is 5.91 Å². The van der Waals surface area contributed by atoms with E-state index in [-0.39, 0.29) is 17.9 Å². The van der Waals surface area contributed by atoms with Crippen LogP contribution in [0.5, 0.6) is 11.5 Å². The van der Waals surface area contributed by atoms with Crippen LogP contribution in [0, 0.1) is 5.92 Å². The lowest BCUT2D eigenvalue weighted by molar-refractivity contribution is -0.121. The molecule has 0 saturated heterocycles. The standard InChI is InChI=1S/C21H25NO3/c1-15(2)21(22-20(23)13-16-7-4-3-5-8-16)17-9-10-18-19(14-17)25-12-6-11-24-18/h3-5,7-10,14-15,21H,6,11-13H2,1-2H3,(H,22,23)/t21-/m0/s1. The third-order valence-corrected chi connectivity index (χ3v) is 4.32. The number of carbonyl (C=O) groups is 1. The van der Waals surface area contributed by atoms with Gasteiger partial charge in [-0.2, -0.15) is 0 Å². The largest absolute Gasteiger partial charge is 0.490 e. The Morgan fingerprint density at radius 2 is 1.76 bits per heavy atom. The molecule has 0 radical (unpaired) electrons. The van der Waals surface area contributed by atoms with Crippen LogP contribution in [-0.4, -0.2) is 19.1 Å². The third kappa shape index (κ3) is 4.53. The van der Waals surface area contributed by atoms with Crippen molar-refractivity contribution in [3.8, 4) is 11.5 Å². The summed E-state index contributed by atoms with van der Waals surface area (Å²) in [5.74, 6) is 1.83. The van der Waals surface area contributed by atoms with Crippen molar-refractivity contribution >= 4 is 5.91 Å². The molecule has 1 amide bonds. The zero-order valence-corrected chi connectivity index (χ0v) is 14.8. The van der Waals surface area contributed by atoms with Gasteiger partial charge in [0.05, 0.1) is 25.7 Å². The highest BCUT2D eigenvalue weighted by Gasteiger charge is 2.21. The number of rotatable bonds is 5. The first-order valence-corrected chi connectivity index (χ1v) is 8.86. The highest BCUT2D eigenvalue weighted by molar-refractivity contribution is 5.79. The van der Waals surface area contributed by atoms with E-state index >= 15 is 0 Å². The first-order valence-electron chi connectivity index (χ1n) is 8.86. The minimum atomic E-state index is -0.0617. The van der Waals surface area contributed by atoms with E-state index in [0.29, 0.717) is 19.6 Å². The molecule has 2 aromatic rings. The number of nitrogens with one attached hydrogen (secondary N) is 1. The normalized spacial score (nSPS) is 14.7. The average Bonchev–Trinajstić information content (AvgIpc) is 2.85. The fraction of sp³-hybridized carbons (Fsp3) is 0.381. The Hall–Kier alpha value is -2.49. The fourth-order valence-electron chi connectivity index (χ4n) is 3.01. The number of hydrogen-bond donors (Lipinski definition) is 1. The summed E-state index contributed by atoms with van der Waals surface area (Å²) in [5, 5.41) is 3.17. The van der Waals surface area contributed by atoms with Crippen LogP contribution in [0.15, 0.2) is 48.5 Å². The zero-order chi connectivity index (χ0) is 17.6. The van der Waals surface area contributed by atoms with E-state index in [4.69, 9.17) is 9.47 Å². The van der Waals surface area contributed by atoms with Crippen LogP contribution in [-0.2, 0) is 11.2 Å². The molecular formula is C21H25NO3. The van der Waals surface area contributed by atoms with Crippen molar-refractivity contribution in [1.82, 2.24) is 5.32 Å². The topological polar surface area (TPSA) is 47.6 Å². The SMILES string of the molecule is CC(C)[C@H](NC(=O)Cc1ccccc1)c1ccc2c(c1)OCCCO2. The number of ether oxygens (including phenoxy) is 2. The fourth-order valence-corrected chi connectivity index (χ4v) is 3.01. The maximum Gasteiger partial charge on any atom is 0.224 e. The minimum Gasteiger partial charge on any atom is -0.490 e. The summed E-state index contributed by atoms with van der Waals surface area (Å²) >= 11 is 0. The quantitative estimate of drug-likeness (QED) is 0.898. The molecular weight excluding hydrogens is 314 g/mol. The molecule has 0 unspecified atom stereocenters. The average molecular weight is 339 g/mol. The number of carbonyl (C=O) groups excluding carboxylic acids is 1. The van der Waals surface area contributed by atoms with Crippen molar-refractivity contribution in [1.29, 1.82) is 0 Å². The number of benzene rings is 2. The molecule has 0 spiro atoms. The second-order valence-electron chi connectivity index (χ2n) is 6.71. The Labute approximate surface area is 149 Å². The van der Waals surface area contributed by atoms with Crippen LogP contribution in [0.2, 0.25) is 0 Å². The van der Waals surface area contributed by atoms with E-state index < -0.39 is 0 Å². The molecule has 1 atom stereocenters. The summed E-state index contributed by atoms with van der Waals surface area (Å²) in [6.07, 6.45) is 1.26. The monoisotopic (exact) mass is 339 g/mol. The summed E-state index contributed by atoms with van der Waals surface area (Å²) < 4.78 is 11.5. The number of hydrogen-bond acceptors (Lipinski definition) is 3. The summed E-state index contributed by atoms with van der Waals surface area (Å²) in [7, 11) is 0. The maximum absolute atomic E-state index is 12.5. The van der Waals surface area contributed by atoms with Crippen molar-refractivity contribution in [2.45, 2.75) is 32.7 Å². The molecule has 0 aromatic heterocycles. The molecule has 1 aliphatic rings. The Bertz CT molecular complexity index is 712. The Balaban J connectivity index is 1.74. The van der Waals surface area contributed by atoms with E-state index in [1.54, 1.807) is 0 Å². The van der Waals surface area contributed by atoms with Crippen LogP contribution in [0.1, 0.15) is 37.4 Å². The van der Waals surface area contributed by atoms with Gasteiger partial charge in [-0.05, 0) is 29.2 Å². The first-order chi connectivity index (χ1) is 12.1. The Morgan fingerprint density at radius 3 is 2.48 bits per heavy atom. The Kier molecular flexibility index (Phi) is 5.59. The molecule has 4 heteroatoms. The molecule has 0 saturated carbocycles. The maximum atomic E-state index is 12.5. The molecule has 0 aliphatic carbocycles. The molecule has 0 fully saturated rings. The van der Waals surface area contributed by atoms with E-state index in [2.05, 4.69) is 19.2 Å². The third-order valence-electron chi connectivity index (χ3n) is 4.32. The number of fused-ring (bicyclic) bond motifs is 1. The predicted molar refractivity (Wildman–Crippen MR) is 97.9 cm³/mol. The van der Waals surface area contributed by atoms with Gasteiger partial charge < -0.3 is 14.8 Å². The molecule has 1 aliphatic heterocycles. The summed E-state index contributed by atoms with van der Waals surface area (Å²) in [6, 6.07) is 15.7. The van der Waals surface area contributed by atoms with Gasteiger partial charge in [-0.3, -0.25) is 4.79 Å².